The van der Waals surface area contributed by atoms with Crippen LogP contribution in [0.25, 0.3) is 0 Å². The molecule has 1 aromatic carbocycles. The number of halogens is 2. The zero-order valence-electron chi connectivity index (χ0n) is 10.1. The van der Waals surface area contributed by atoms with Crippen molar-refractivity contribution in [2.75, 3.05) is 5.33 Å². The molecule has 0 heterocycles. The van der Waals surface area contributed by atoms with Crippen molar-refractivity contribution in [3.05, 3.63) is 34.3 Å². The van der Waals surface area contributed by atoms with Gasteiger partial charge in [-0.2, -0.15) is 0 Å². The molecule has 17 heavy (non-hydrogen) atoms. The predicted molar refractivity (Wildman–Crippen MR) is 78.7 cm³/mol. The first-order chi connectivity index (χ1) is 8.00. The summed E-state index contributed by atoms with van der Waals surface area (Å²) in [7, 11) is 0. The number of hydrogen-bond acceptors (Lipinski definition) is 1. The molecule has 1 amide bonds. The van der Waals surface area contributed by atoms with Gasteiger partial charge in [0.1, 0.15) is 0 Å². The Hall–Kier alpha value is -0.350. The van der Waals surface area contributed by atoms with Crippen molar-refractivity contribution in [2.24, 2.45) is 0 Å². The SMILES string of the molecule is CCC(C)(CCBr)NC(=O)c1cccc(Br)c1. The van der Waals surface area contributed by atoms with E-state index in [9.17, 15) is 4.79 Å². The van der Waals surface area contributed by atoms with E-state index >= 15 is 0 Å². The smallest absolute Gasteiger partial charge is 0.251 e. The summed E-state index contributed by atoms with van der Waals surface area (Å²) >= 11 is 6.80. The number of benzene rings is 1. The van der Waals surface area contributed by atoms with Crippen LogP contribution in [0.15, 0.2) is 28.7 Å². The summed E-state index contributed by atoms with van der Waals surface area (Å²) in [5.74, 6) is -0.0170. The van der Waals surface area contributed by atoms with Crippen molar-refractivity contribution >= 4 is 37.8 Å². The molecule has 0 saturated carbocycles. The fourth-order valence-electron chi connectivity index (χ4n) is 1.51. The summed E-state index contributed by atoms with van der Waals surface area (Å²) in [6.07, 6.45) is 1.83. The Morgan fingerprint density at radius 3 is 2.71 bits per heavy atom. The molecule has 0 fully saturated rings. The van der Waals surface area contributed by atoms with Gasteiger partial charge in [0.15, 0.2) is 0 Å². The quantitative estimate of drug-likeness (QED) is 0.784. The van der Waals surface area contributed by atoms with Crippen LogP contribution < -0.4 is 5.32 Å². The van der Waals surface area contributed by atoms with Crippen LogP contribution in [0.1, 0.15) is 37.0 Å². The monoisotopic (exact) mass is 361 g/mol. The molecule has 94 valence electrons. The van der Waals surface area contributed by atoms with Gasteiger partial charge in [-0.3, -0.25) is 4.79 Å². The second-order valence-corrected chi connectivity index (χ2v) is 6.03. The molecule has 0 bridgehead atoms. The lowest BCUT2D eigenvalue weighted by atomic mass is 9.95. The van der Waals surface area contributed by atoms with Gasteiger partial charge in [0.2, 0.25) is 0 Å². The van der Waals surface area contributed by atoms with E-state index in [4.69, 9.17) is 0 Å². The van der Waals surface area contributed by atoms with Crippen molar-refractivity contribution in [2.45, 2.75) is 32.2 Å². The van der Waals surface area contributed by atoms with Crippen LogP contribution in [0, 0.1) is 0 Å². The van der Waals surface area contributed by atoms with Crippen LogP contribution in [-0.2, 0) is 0 Å². The van der Waals surface area contributed by atoms with Crippen LogP contribution in [0.4, 0.5) is 0 Å². The third-order valence-electron chi connectivity index (χ3n) is 2.93. The van der Waals surface area contributed by atoms with Gasteiger partial charge < -0.3 is 5.32 Å². The van der Waals surface area contributed by atoms with Gasteiger partial charge in [0.05, 0.1) is 0 Å². The highest BCUT2D eigenvalue weighted by atomic mass is 79.9. The summed E-state index contributed by atoms with van der Waals surface area (Å²) in [5, 5.41) is 3.98. The molecule has 0 aliphatic rings. The number of carbonyl (C=O) groups is 1. The number of hydrogen-bond donors (Lipinski definition) is 1. The molecule has 0 aliphatic carbocycles. The van der Waals surface area contributed by atoms with Gasteiger partial charge in [-0.05, 0) is 38.0 Å². The lowest BCUT2D eigenvalue weighted by Crippen LogP contribution is -2.45. The van der Waals surface area contributed by atoms with E-state index in [0.717, 1.165) is 22.6 Å². The lowest BCUT2D eigenvalue weighted by Gasteiger charge is -2.29. The molecule has 1 aromatic rings. The van der Waals surface area contributed by atoms with E-state index in [2.05, 4.69) is 51.0 Å². The third kappa shape index (κ3) is 4.43. The van der Waals surface area contributed by atoms with E-state index < -0.39 is 0 Å². The van der Waals surface area contributed by atoms with Crippen LogP contribution in [0.3, 0.4) is 0 Å². The highest BCUT2D eigenvalue weighted by Crippen LogP contribution is 2.18. The molecule has 4 heteroatoms. The van der Waals surface area contributed by atoms with Crippen LogP contribution in [0.2, 0.25) is 0 Å². The van der Waals surface area contributed by atoms with Crippen molar-refractivity contribution in [1.82, 2.24) is 5.32 Å². The summed E-state index contributed by atoms with van der Waals surface area (Å²) < 4.78 is 0.920. The molecule has 1 unspecified atom stereocenters. The largest absolute Gasteiger partial charge is 0.347 e. The summed E-state index contributed by atoms with van der Waals surface area (Å²) in [5.41, 5.74) is 0.539. The van der Waals surface area contributed by atoms with Crippen molar-refractivity contribution in [1.29, 1.82) is 0 Å². The van der Waals surface area contributed by atoms with Crippen LogP contribution >= 0.6 is 31.9 Å². The molecular weight excluding hydrogens is 346 g/mol. The Kier molecular flexibility index (Phi) is 5.67. The van der Waals surface area contributed by atoms with Gasteiger partial charge in [-0.25, -0.2) is 0 Å². The Balaban J connectivity index is 2.77. The Bertz CT molecular complexity index is 395. The molecule has 0 aromatic heterocycles. The van der Waals surface area contributed by atoms with E-state index in [1.165, 1.54) is 0 Å². The molecule has 2 nitrogen and oxygen atoms in total. The molecule has 0 spiro atoms. The second-order valence-electron chi connectivity index (χ2n) is 4.32. The van der Waals surface area contributed by atoms with Crippen LogP contribution in [-0.4, -0.2) is 16.8 Å². The first-order valence-corrected chi connectivity index (χ1v) is 7.56. The fraction of sp³-hybridized carbons (Fsp3) is 0.462. The maximum absolute atomic E-state index is 12.1. The lowest BCUT2D eigenvalue weighted by molar-refractivity contribution is 0.0902. The number of amides is 1. The van der Waals surface area contributed by atoms with E-state index in [1.54, 1.807) is 0 Å². The minimum atomic E-state index is -0.150. The Morgan fingerprint density at radius 1 is 1.47 bits per heavy atom. The fourth-order valence-corrected chi connectivity index (χ4v) is 2.79. The Labute approximate surface area is 119 Å². The normalized spacial score (nSPS) is 14.1. The van der Waals surface area contributed by atoms with Crippen LogP contribution in [0.5, 0.6) is 0 Å². The van der Waals surface area contributed by atoms with Crippen molar-refractivity contribution < 1.29 is 4.79 Å². The molecule has 1 rings (SSSR count). The highest BCUT2D eigenvalue weighted by Gasteiger charge is 2.23. The maximum atomic E-state index is 12.1. The van der Waals surface area contributed by atoms with Crippen molar-refractivity contribution in [3.63, 3.8) is 0 Å². The molecule has 0 saturated heterocycles. The number of rotatable bonds is 5. The topological polar surface area (TPSA) is 29.1 Å². The zero-order chi connectivity index (χ0) is 12.9. The summed E-state index contributed by atoms with van der Waals surface area (Å²) in [6.45, 7) is 4.16. The van der Waals surface area contributed by atoms with Gasteiger partial charge in [-0.1, -0.05) is 44.8 Å². The van der Waals surface area contributed by atoms with Crippen molar-refractivity contribution in [3.8, 4) is 0 Å². The predicted octanol–water partition coefficient (Wildman–Crippen LogP) is 4.13. The van der Waals surface area contributed by atoms with E-state index in [0.29, 0.717) is 5.56 Å². The maximum Gasteiger partial charge on any atom is 0.251 e. The summed E-state index contributed by atoms with van der Waals surface area (Å²) in [4.78, 5) is 12.1. The summed E-state index contributed by atoms with van der Waals surface area (Å²) in [6, 6.07) is 7.44. The first-order valence-electron chi connectivity index (χ1n) is 5.65. The van der Waals surface area contributed by atoms with Gasteiger partial charge in [-0.15, -0.1) is 0 Å². The zero-order valence-corrected chi connectivity index (χ0v) is 13.3. The van der Waals surface area contributed by atoms with Gasteiger partial charge in [0.25, 0.3) is 5.91 Å². The minimum absolute atomic E-state index is 0.0170. The highest BCUT2D eigenvalue weighted by molar-refractivity contribution is 9.10. The molecule has 0 radical (unpaired) electrons. The van der Waals surface area contributed by atoms with E-state index in [1.807, 2.05) is 24.3 Å². The average Bonchev–Trinajstić information content (AvgIpc) is 2.29. The minimum Gasteiger partial charge on any atom is -0.347 e. The van der Waals surface area contributed by atoms with Gasteiger partial charge >= 0.3 is 0 Å². The molecular formula is C13H17Br2NO. The Morgan fingerprint density at radius 2 is 2.18 bits per heavy atom. The standard InChI is InChI=1S/C13H17Br2NO/c1-3-13(2,7-8-14)16-12(17)10-5-4-6-11(15)9-10/h4-6,9H,3,7-8H2,1-2H3,(H,16,17). The molecule has 1 atom stereocenters. The number of alkyl halides is 1. The third-order valence-corrected chi connectivity index (χ3v) is 3.82. The second kappa shape index (κ2) is 6.55. The molecule has 0 aliphatic heterocycles. The molecule has 1 N–H and O–H groups in total. The number of nitrogens with one attached hydrogen (secondary N) is 1. The van der Waals surface area contributed by atoms with E-state index in [-0.39, 0.29) is 11.4 Å². The number of carbonyl (C=O) groups excluding carboxylic acids is 1. The van der Waals surface area contributed by atoms with Gasteiger partial charge in [0, 0.05) is 20.9 Å². The first kappa shape index (κ1) is 14.7. The average molecular weight is 363 g/mol.